The van der Waals surface area contributed by atoms with Gasteiger partial charge in [-0.3, -0.25) is 14.4 Å². The van der Waals surface area contributed by atoms with Crippen LogP contribution in [0.3, 0.4) is 0 Å². The van der Waals surface area contributed by atoms with Crippen molar-refractivity contribution in [1.82, 2.24) is 9.79 Å². The molecule has 1 aliphatic rings. The van der Waals surface area contributed by atoms with Gasteiger partial charge < -0.3 is 5.32 Å². The molecule has 0 unspecified atom stereocenters. The van der Waals surface area contributed by atoms with Crippen LogP contribution in [0, 0.1) is 0 Å². The zero-order chi connectivity index (χ0) is 18.7. The van der Waals surface area contributed by atoms with Crippen molar-refractivity contribution in [3.8, 4) is 0 Å². The van der Waals surface area contributed by atoms with Crippen molar-refractivity contribution in [2.75, 3.05) is 7.11 Å². The van der Waals surface area contributed by atoms with E-state index in [1.54, 1.807) is 18.2 Å². The third-order valence-electron chi connectivity index (χ3n) is 3.90. The van der Waals surface area contributed by atoms with Crippen molar-refractivity contribution in [3.05, 3.63) is 65.7 Å². The molecule has 2 amide bonds. The lowest BCUT2D eigenvalue weighted by atomic mass is 10.2. The Morgan fingerprint density at radius 2 is 1.62 bits per heavy atom. The highest BCUT2D eigenvalue weighted by Gasteiger charge is 2.31. The van der Waals surface area contributed by atoms with Crippen LogP contribution in [0.25, 0.3) is 0 Å². The van der Waals surface area contributed by atoms with Crippen LogP contribution < -0.4 is 5.32 Å². The number of amides is 2. The van der Waals surface area contributed by atoms with Gasteiger partial charge in [-0.1, -0.05) is 18.2 Å². The van der Waals surface area contributed by atoms with Gasteiger partial charge >= 0.3 is 0 Å². The van der Waals surface area contributed by atoms with E-state index in [1.165, 1.54) is 36.4 Å². The minimum absolute atomic E-state index is 0.147. The number of rotatable bonds is 6. The Bertz CT molecular complexity index is 906. The van der Waals surface area contributed by atoms with Crippen molar-refractivity contribution in [2.24, 2.45) is 0 Å². The second-order valence-electron chi connectivity index (χ2n) is 5.86. The van der Waals surface area contributed by atoms with Crippen LogP contribution in [0.1, 0.15) is 33.6 Å². The normalized spacial score (nSPS) is 13.9. The molecular formula is C18H18N2O5S. The molecule has 8 heteroatoms. The molecule has 0 atom stereocenters. The Hall–Kier alpha value is -2.71. The SMILES string of the molecule is CON(C(=O)c1ccccc1)S(=O)(=O)c1ccc(C(=O)NC2CC2)cc1. The molecule has 0 bridgehead atoms. The first-order valence-electron chi connectivity index (χ1n) is 8.03. The molecule has 3 rings (SSSR count). The molecular weight excluding hydrogens is 356 g/mol. The number of hydrogen-bond donors (Lipinski definition) is 1. The maximum absolute atomic E-state index is 12.7. The van der Waals surface area contributed by atoms with Crippen LogP contribution in [0.4, 0.5) is 0 Å². The molecule has 1 saturated carbocycles. The summed E-state index contributed by atoms with van der Waals surface area (Å²) in [6.45, 7) is 0. The molecule has 0 heterocycles. The summed E-state index contributed by atoms with van der Waals surface area (Å²) in [5, 5.41) is 2.82. The van der Waals surface area contributed by atoms with Gasteiger partial charge in [0, 0.05) is 17.2 Å². The summed E-state index contributed by atoms with van der Waals surface area (Å²) in [6.07, 6.45) is 1.92. The molecule has 136 valence electrons. The maximum Gasteiger partial charge on any atom is 0.292 e. The van der Waals surface area contributed by atoms with Crippen LogP contribution in [0.5, 0.6) is 0 Å². The summed E-state index contributed by atoms with van der Waals surface area (Å²) in [5.74, 6) is -1.05. The van der Waals surface area contributed by atoms with Crippen LogP contribution >= 0.6 is 0 Å². The molecule has 2 aromatic carbocycles. The fraction of sp³-hybridized carbons (Fsp3) is 0.222. The minimum atomic E-state index is -4.22. The lowest BCUT2D eigenvalue weighted by molar-refractivity contribution is -0.0284. The summed E-state index contributed by atoms with van der Waals surface area (Å²) in [6, 6.07) is 13.5. The van der Waals surface area contributed by atoms with Gasteiger partial charge in [-0.05, 0) is 49.2 Å². The molecule has 1 N–H and O–H groups in total. The van der Waals surface area contributed by atoms with Crippen LogP contribution in [0.15, 0.2) is 59.5 Å². The molecule has 0 spiro atoms. The number of nitrogens with zero attached hydrogens (tertiary/aromatic N) is 1. The van der Waals surface area contributed by atoms with E-state index in [4.69, 9.17) is 4.84 Å². The molecule has 1 fully saturated rings. The first-order valence-corrected chi connectivity index (χ1v) is 9.47. The lowest BCUT2D eigenvalue weighted by Crippen LogP contribution is -2.36. The van der Waals surface area contributed by atoms with Gasteiger partial charge in [0.05, 0.1) is 12.0 Å². The van der Waals surface area contributed by atoms with Gasteiger partial charge in [0.2, 0.25) is 0 Å². The number of hydroxylamine groups is 1. The van der Waals surface area contributed by atoms with E-state index in [1.807, 2.05) is 0 Å². The number of carbonyl (C=O) groups excluding carboxylic acids is 2. The highest BCUT2D eigenvalue weighted by atomic mass is 32.2. The summed E-state index contributed by atoms with van der Waals surface area (Å²) < 4.78 is 25.8. The number of hydrogen-bond acceptors (Lipinski definition) is 5. The second-order valence-corrected chi connectivity index (χ2v) is 7.61. The maximum atomic E-state index is 12.7. The van der Waals surface area contributed by atoms with Gasteiger partial charge in [-0.2, -0.15) is 8.42 Å². The third kappa shape index (κ3) is 3.76. The zero-order valence-electron chi connectivity index (χ0n) is 14.1. The smallest absolute Gasteiger partial charge is 0.292 e. The van der Waals surface area contributed by atoms with Crippen LogP contribution in [-0.2, 0) is 14.9 Å². The van der Waals surface area contributed by atoms with Crippen molar-refractivity contribution in [1.29, 1.82) is 0 Å². The van der Waals surface area contributed by atoms with Crippen molar-refractivity contribution < 1.29 is 22.8 Å². The van der Waals surface area contributed by atoms with Gasteiger partial charge in [0.15, 0.2) is 0 Å². The molecule has 0 radical (unpaired) electrons. The Balaban J connectivity index is 1.83. The summed E-state index contributed by atoms with van der Waals surface area (Å²) in [5.41, 5.74) is 0.535. The Morgan fingerprint density at radius 3 is 2.15 bits per heavy atom. The fourth-order valence-corrected chi connectivity index (χ4v) is 3.54. The first-order chi connectivity index (χ1) is 12.4. The van der Waals surface area contributed by atoms with Crippen LogP contribution in [0.2, 0.25) is 0 Å². The fourth-order valence-electron chi connectivity index (χ4n) is 2.35. The van der Waals surface area contributed by atoms with E-state index in [2.05, 4.69) is 5.32 Å². The van der Waals surface area contributed by atoms with E-state index in [-0.39, 0.29) is 22.4 Å². The van der Waals surface area contributed by atoms with Crippen LogP contribution in [-0.4, -0.2) is 37.9 Å². The first kappa shape index (κ1) is 18.1. The summed E-state index contributed by atoms with van der Waals surface area (Å²) in [4.78, 5) is 29.1. The van der Waals surface area contributed by atoms with Gasteiger partial charge in [-0.25, -0.2) is 0 Å². The standard InChI is InChI=1S/C18H18N2O5S/c1-25-20(18(22)14-5-3-2-4-6-14)26(23,24)16-11-7-13(8-12-16)17(21)19-15-9-10-15/h2-8,11-12,15H,9-10H2,1H3,(H,19,21). The predicted molar refractivity (Wildman–Crippen MR) is 93.7 cm³/mol. The summed E-state index contributed by atoms with van der Waals surface area (Å²) >= 11 is 0. The number of carbonyl (C=O) groups is 2. The number of sulfonamides is 1. The van der Waals surface area contributed by atoms with Crippen molar-refractivity contribution >= 4 is 21.8 Å². The quantitative estimate of drug-likeness (QED) is 0.781. The second kappa shape index (κ2) is 7.27. The molecule has 26 heavy (non-hydrogen) atoms. The topological polar surface area (TPSA) is 92.8 Å². The Kier molecular flexibility index (Phi) is 5.06. The van der Waals surface area contributed by atoms with E-state index < -0.39 is 15.9 Å². The highest BCUT2D eigenvalue weighted by molar-refractivity contribution is 7.89. The Morgan fingerprint density at radius 1 is 1.00 bits per heavy atom. The molecule has 1 aliphatic carbocycles. The molecule has 7 nitrogen and oxygen atoms in total. The third-order valence-corrected chi connectivity index (χ3v) is 5.52. The minimum Gasteiger partial charge on any atom is -0.349 e. The monoisotopic (exact) mass is 374 g/mol. The zero-order valence-corrected chi connectivity index (χ0v) is 14.9. The van der Waals surface area contributed by atoms with Gasteiger partial charge in [-0.15, -0.1) is 4.47 Å². The average molecular weight is 374 g/mol. The van der Waals surface area contributed by atoms with E-state index in [0.29, 0.717) is 10.0 Å². The predicted octanol–water partition coefficient (Wildman–Crippen LogP) is 1.97. The van der Waals surface area contributed by atoms with E-state index in [0.717, 1.165) is 20.0 Å². The molecule has 0 aliphatic heterocycles. The van der Waals surface area contributed by atoms with Crippen molar-refractivity contribution in [3.63, 3.8) is 0 Å². The highest BCUT2D eigenvalue weighted by Crippen LogP contribution is 2.21. The largest absolute Gasteiger partial charge is 0.349 e. The Labute approximate surface area is 151 Å². The van der Waals surface area contributed by atoms with E-state index >= 15 is 0 Å². The molecule has 0 saturated heterocycles. The van der Waals surface area contributed by atoms with Gasteiger partial charge in [0.1, 0.15) is 0 Å². The van der Waals surface area contributed by atoms with E-state index in [9.17, 15) is 18.0 Å². The average Bonchev–Trinajstić information content (AvgIpc) is 3.47. The van der Waals surface area contributed by atoms with Gasteiger partial charge in [0.25, 0.3) is 21.8 Å². The summed E-state index contributed by atoms with van der Waals surface area (Å²) in [7, 11) is -3.11. The van der Waals surface area contributed by atoms with Crippen molar-refractivity contribution in [2.45, 2.75) is 23.8 Å². The molecule has 2 aromatic rings. The molecule has 0 aromatic heterocycles. The number of benzene rings is 2. The number of nitrogens with one attached hydrogen (secondary N) is 1. The lowest BCUT2D eigenvalue weighted by Gasteiger charge is -2.19.